The monoisotopic (exact) mass is 254 g/mol. The summed E-state index contributed by atoms with van der Waals surface area (Å²) in [5, 5.41) is 12.9. The van der Waals surface area contributed by atoms with Gasteiger partial charge in [-0.05, 0) is 6.07 Å². The molecule has 0 saturated carbocycles. The zero-order chi connectivity index (χ0) is 13.4. The molecule has 18 heavy (non-hydrogen) atoms. The van der Waals surface area contributed by atoms with E-state index < -0.39 is 5.91 Å². The van der Waals surface area contributed by atoms with E-state index in [-0.39, 0.29) is 12.4 Å². The van der Waals surface area contributed by atoms with E-state index in [9.17, 15) is 9.90 Å². The molecule has 4 N–H and O–H groups in total. The van der Waals surface area contributed by atoms with E-state index in [0.29, 0.717) is 25.4 Å². The quantitative estimate of drug-likeness (QED) is 0.567. The van der Waals surface area contributed by atoms with Crippen LogP contribution in [0.2, 0.25) is 0 Å². The van der Waals surface area contributed by atoms with Gasteiger partial charge < -0.3 is 25.6 Å². The summed E-state index contributed by atoms with van der Waals surface area (Å²) in [6.45, 7) is 1.35. The smallest absolute Gasteiger partial charge is 0.243 e. The lowest BCUT2D eigenvalue weighted by molar-refractivity contribution is -0.122. The fraction of sp³-hybridized carbons (Fsp3) is 0.417. The van der Waals surface area contributed by atoms with Crippen LogP contribution in [0.5, 0.6) is 11.5 Å². The highest BCUT2D eigenvalue weighted by molar-refractivity contribution is 5.74. The molecule has 0 saturated heterocycles. The summed E-state index contributed by atoms with van der Waals surface area (Å²) in [5.74, 6) is 0.0882. The second-order valence-corrected chi connectivity index (χ2v) is 3.66. The number of nitrogens with two attached hydrogens (primary N) is 1. The Bertz CT molecular complexity index is 396. The number of hydrogen-bond acceptors (Lipinski definition) is 5. The van der Waals surface area contributed by atoms with Gasteiger partial charge in [-0.1, -0.05) is 12.1 Å². The largest absolute Gasteiger partial charge is 0.504 e. The molecule has 0 unspecified atom stereocenters. The summed E-state index contributed by atoms with van der Waals surface area (Å²) in [7, 11) is 1.50. The zero-order valence-corrected chi connectivity index (χ0v) is 10.3. The van der Waals surface area contributed by atoms with Crippen molar-refractivity contribution in [1.82, 2.24) is 5.32 Å². The number of amides is 1. The summed E-state index contributed by atoms with van der Waals surface area (Å²) in [6.07, 6.45) is 0. The van der Waals surface area contributed by atoms with E-state index in [0.717, 1.165) is 5.56 Å². The van der Waals surface area contributed by atoms with Gasteiger partial charge in [-0.15, -0.1) is 0 Å². The van der Waals surface area contributed by atoms with Gasteiger partial charge in [0.1, 0.15) is 6.61 Å². The molecule has 1 rings (SSSR count). The fourth-order valence-corrected chi connectivity index (χ4v) is 1.42. The second kappa shape index (κ2) is 7.52. The molecule has 1 aromatic rings. The number of methoxy groups -OCH3 is 1. The summed E-state index contributed by atoms with van der Waals surface area (Å²) in [6, 6.07) is 5.29. The van der Waals surface area contributed by atoms with Gasteiger partial charge in [0.05, 0.1) is 13.7 Å². The van der Waals surface area contributed by atoms with E-state index >= 15 is 0 Å². The number of ether oxygens (including phenoxy) is 2. The number of benzene rings is 1. The van der Waals surface area contributed by atoms with Crippen LogP contribution in [-0.4, -0.2) is 37.9 Å². The SMILES string of the molecule is COc1cccc(CNCCOCC(N)=O)c1O. The highest BCUT2D eigenvalue weighted by Crippen LogP contribution is 2.28. The molecule has 0 aliphatic rings. The third-order valence-corrected chi connectivity index (χ3v) is 2.29. The molecule has 0 fully saturated rings. The Morgan fingerprint density at radius 2 is 2.28 bits per heavy atom. The van der Waals surface area contributed by atoms with Crippen LogP contribution in [0, 0.1) is 0 Å². The van der Waals surface area contributed by atoms with Gasteiger partial charge in [-0.25, -0.2) is 0 Å². The fourth-order valence-electron chi connectivity index (χ4n) is 1.42. The molecule has 0 spiro atoms. The molecule has 0 aliphatic carbocycles. The average Bonchev–Trinajstić information content (AvgIpc) is 2.35. The highest BCUT2D eigenvalue weighted by Gasteiger charge is 2.06. The molecule has 0 aliphatic heterocycles. The third-order valence-electron chi connectivity index (χ3n) is 2.29. The minimum atomic E-state index is -0.486. The first-order chi connectivity index (χ1) is 8.65. The highest BCUT2D eigenvalue weighted by atomic mass is 16.5. The van der Waals surface area contributed by atoms with Crippen molar-refractivity contribution in [2.45, 2.75) is 6.54 Å². The molecule has 0 heterocycles. The number of primary amides is 1. The second-order valence-electron chi connectivity index (χ2n) is 3.66. The number of carbonyl (C=O) groups is 1. The maximum Gasteiger partial charge on any atom is 0.243 e. The summed E-state index contributed by atoms with van der Waals surface area (Å²) in [4.78, 5) is 10.4. The number of phenolic OH excluding ortho intramolecular Hbond substituents is 1. The van der Waals surface area contributed by atoms with Crippen LogP contribution >= 0.6 is 0 Å². The number of hydrogen-bond donors (Lipinski definition) is 3. The molecule has 0 radical (unpaired) electrons. The van der Waals surface area contributed by atoms with Crippen molar-refractivity contribution < 1.29 is 19.4 Å². The lowest BCUT2D eigenvalue weighted by atomic mass is 10.2. The van der Waals surface area contributed by atoms with Crippen molar-refractivity contribution in [3.05, 3.63) is 23.8 Å². The van der Waals surface area contributed by atoms with E-state index in [2.05, 4.69) is 5.32 Å². The van der Waals surface area contributed by atoms with E-state index in [1.54, 1.807) is 18.2 Å². The molecule has 0 aromatic heterocycles. The van der Waals surface area contributed by atoms with E-state index in [1.807, 2.05) is 0 Å². The number of phenols is 1. The third kappa shape index (κ3) is 4.60. The molecular weight excluding hydrogens is 236 g/mol. The number of para-hydroxylation sites is 1. The molecule has 6 nitrogen and oxygen atoms in total. The minimum absolute atomic E-state index is 0.0773. The van der Waals surface area contributed by atoms with Crippen molar-refractivity contribution in [2.24, 2.45) is 5.73 Å². The lowest BCUT2D eigenvalue weighted by Crippen LogP contribution is -2.23. The van der Waals surface area contributed by atoms with Crippen LogP contribution in [0.1, 0.15) is 5.56 Å². The molecule has 0 bridgehead atoms. The van der Waals surface area contributed by atoms with Crippen molar-refractivity contribution in [3.63, 3.8) is 0 Å². The Labute approximate surface area is 106 Å². The molecule has 0 atom stereocenters. The first-order valence-electron chi connectivity index (χ1n) is 5.56. The van der Waals surface area contributed by atoms with Crippen LogP contribution in [0.15, 0.2) is 18.2 Å². The van der Waals surface area contributed by atoms with Crippen LogP contribution in [0.3, 0.4) is 0 Å². The topological polar surface area (TPSA) is 93.8 Å². The molecule has 6 heteroatoms. The summed E-state index contributed by atoms with van der Waals surface area (Å²) >= 11 is 0. The number of aromatic hydroxyl groups is 1. The Balaban J connectivity index is 2.29. The van der Waals surface area contributed by atoms with Gasteiger partial charge in [0.25, 0.3) is 0 Å². The first-order valence-corrected chi connectivity index (χ1v) is 5.56. The number of rotatable bonds is 8. The molecule has 1 amide bonds. The van der Waals surface area contributed by atoms with Gasteiger partial charge in [0.15, 0.2) is 11.5 Å². The lowest BCUT2D eigenvalue weighted by Gasteiger charge is -2.09. The standard InChI is InChI=1S/C12H18N2O4/c1-17-10-4-2-3-9(12(10)16)7-14-5-6-18-8-11(13)15/h2-4,14,16H,5-8H2,1H3,(H2,13,15). The summed E-state index contributed by atoms with van der Waals surface area (Å²) < 4.78 is 9.99. The maximum absolute atomic E-state index is 10.4. The predicted octanol–water partition coefficient (Wildman–Crippen LogP) is -0.00770. The average molecular weight is 254 g/mol. The number of carbonyl (C=O) groups excluding carboxylic acids is 1. The van der Waals surface area contributed by atoms with E-state index in [4.69, 9.17) is 15.2 Å². The van der Waals surface area contributed by atoms with Crippen molar-refractivity contribution in [2.75, 3.05) is 26.9 Å². The van der Waals surface area contributed by atoms with Gasteiger partial charge in [0.2, 0.25) is 5.91 Å². The molecule has 100 valence electrons. The Hall–Kier alpha value is -1.79. The predicted molar refractivity (Wildman–Crippen MR) is 66.4 cm³/mol. The normalized spacial score (nSPS) is 10.3. The Morgan fingerprint density at radius 1 is 1.50 bits per heavy atom. The van der Waals surface area contributed by atoms with Crippen molar-refractivity contribution in [3.8, 4) is 11.5 Å². The van der Waals surface area contributed by atoms with Crippen LogP contribution < -0.4 is 15.8 Å². The molecule has 1 aromatic carbocycles. The Kier molecular flexibility index (Phi) is 5.96. The van der Waals surface area contributed by atoms with Gasteiger partial charge >= 0.3 is 0 Å². The van der Waals surface area contributed by atoms with Crippen molar-refractivity contribution >= 4 is 5.91 Å². The van der Waals surface area contributed by atoms with Crippen LogP contribution in [-0.2, 0) is 16.1 Å². The van der Waals surface area contributed by atoms with Crippen LogP contribution in [0.4, 0.5) is 0 Å². The van der Waals surface area contributed by atoms with Gasteiger partial charge in [-0.2, -0.15) is 0 Å². The van der Waals surface area contributed by atoms with Gasteiger partial charge in [0, 0.05) is 18.7 Å². The van der Waals surface area contributed by atoms with Crippen LogP contribution in [0.25, 0.3) is 0 Å². The van der Waals surface area contributed by atoms with Gasteiger partial charge in [-0.3, -0.25) is 4.79 Å². The molecular formula is C12H18N2O4. The maximum atomic E-state index is 10.4. The minimum Gasteiger partial charge on any atom is -0.504 e. The van der Waals surface area contributed by atoms with E-state index in [1.165, 1.54) is 7.11 Å². The van der Waals surface area contributed by atoms with Crippen molar-refractivity contribution in [1.29, 1.82) is 0 Å². The summed E-state index contributed by atoms with van der Waals surface area (Å²) in [5.41, 5.74) is 5.66. The zero-order valence-electron chi connectivity index (χ0n) is 10.3. The number of nitrogens with one attached hydrogen (secondary N) is 1. The first kappa shape index (κ1) is 14.3. The Morgan fingerprint density at radius 3 is 2.94 bits per heavy atom.